The SMILES string of the molecule is Cc1sc2ncn(CC(=O)OC3CCCC3)c(=O)c2c1-c1ccc(F)cc1. The van der Waals surface area contributed by atoms with Crippen LogP contribution in [-0.4, -0.2) is 21.6 Å². The van der Waals surface area contributed by atoms with E-state index in [9.17, 15) is 14.0 Å². The van der Waals surface area contributed by atoms with Gasteiger partial charge >= 0.3 is 5.97 Å². The molecule has 27 heavy (non-hydrogen) atoms. The maximum atomic E-state index is 13.3. The van der Waals surface area contributed by atoms with Gasteiger partial charge in [-0.05, 0) is 50.3 Å². The average molecular weight is 386 g/mol. The molecule has 0 saturated heterocycles. The van der Waals surface area contributed by atoms with E-state index in [1.165, 1.54) is 34.4 Å². The van der Waals surface area contributed by atoms with Crippen molar-refractivity contribution in [1.82, 2.24) is 9.55 Å². The molecule has 0 bridgehead atoms. The van der Waals surface area contributed by atoms with E-state index in [4.69, 9.17) is 4.74 Å². The molecule has 5 nitrogen and oxygen atoms in total. The summed E-state index contributed by atoms with van der Waals surface area (Å²) in [6.45, 7) is 1.75. The molecule has 0 spiro atoms. The number of ether oxygens (including phenoxy) is 1. The maximum Gasteiger partial charge on any atom is 0.326 e. The van der Waals surface area contributed by atoms with Crippen LogP contribution in [0.3, 0.4) is 0 Å². The van der Waals surface area contributed by atoms with Crippen LogP contribution in [0, 0.1) is 12.7 Å². The average Bonchev–Trinajstić information content (AvgIpc) is 3.26. The summed E-state index contributed by atoms with van der Waals surface area (Å²) < 4.78 is 20.0. The van der Waals surface area contributed by atoms with Gasteiger partial charge in [0.2, 0.25) is 0 Å². The monoisotopic (exact) mass is 386 g/mol. The normalized spacial score (nSPS) is 14.7. The van der Waals surface area contributed by atoms with Crippen LogP contribution in [0.2, 0.25) is 0 Å². The van der Waals surface area contributed by atoms with Crippen LogP contribution in [0.25, 0.3) is 21.3 Å². The summed E-state index contributed by atoms with van der Waals surface area (Å²) in [7, 11) is 0. The summed E-state index contributed by atoms with van der Waals surface area (Å²) in [5, 5.41) is 0.459. The highest BCUT2D eigenvalue weighted by Gasteiger charge is 2.21. The summed E-state index contributed by atoms with van der Waals surface area (Å²) >= 11 is 1.41. The van der Waals surface area contributed by atoms with Gasteiger partial charge in [0.15, 0.2) is 0 Å². The van der Waals surface area contributed by atoms with Crippen molar-refractivity contribution in [2.75, 3.05) is 0 Å². The second kappa shape index (κ2) is 7.23. The largest absolute Gasteiger partial charge is 0.461 e. The molecule has 2 aromatic heterocycles. The Morgan fingerprint density at radius 2 is 2.00 bits per heavy atom. The first-order chi connectivity index (χ1) is 13.0. The van der Waals surface area contributed by atoms with Crippen molar-refractivity contribution >= 4 is 27.5 Å². The third kappa shape index (κ3) is 3.51. The number of carbonyl (C=O) groups excluding carboxylic acids is 1. The fourth-order valence-electron chi connectivity index (χ4n) is 3.58. The number of hydrogen-bond acceptors (Lipinski definition) is 5. The second-order valence-corrected chi connectivity index (χ2v) is 8.00. The van der Waals surface area contributed by atoms with Crippen LogP contribution in [0.4, 0.5) is 4.39 Å². The molecule has 1 aliphatic rings. The third-order valence-electron chi connectivity index (χ3n) is 4.89. The smallest absolute Gasteiger partial charge is 0.326 e. The molecule has 1 aliphatic carbocycles. The standard InChI is InChI=1S/C20H19FN2O3S/c1-12-17(13-6-8-14(21)9-7-13)18-19(27-12)22-11-23(20(18)25)10-16(24)26-15-4-2-3-5-15/h6-9,11,15H,2-5,10H2,1H3. The minimum Gasteiger partial charge on any atom is -0.461 e. The first-order valence-electron chi connectivity index (χ1n) is 8.97. The summed E-state index contributed by atoms with van der Waals surface area (Å²) in [5.74, 6) is -0.749. The van der Waals surface area contributed by atoms with Gasteiger partial charge in [-0.3, -0.25) is 14.2 Å². The predicted molar refractivity (Wildman–Crippen MR) is 102 cm³/mol. The maximum absolute atomic E-state index is 13.3. The van der Waals surface area contributed by atoms with E-state index >= 15 is 0 Å². The summed E-state index contributed by atoms with van der Waals surface area (Å²) in [6.07, 6.45) is 5.27. The lowest BCUT2D eigenvalue weighted by atomic mass is 10.0. The Morgan fingerprint density at radius 3 is 2.70 bits per heavy atom. The van der Waals surface area contributed by atoms with Crippen LogP contribution in [-0.2, 0) is 16.1 Å². The molecule has 0 atom stereocenters. The number of nitrogens with zero attached hydrogens (tertiary/aromatic N) is 2. The fraction of sp³-hybridized carbons (Fsp3) is 0.350. The van der Waals surface area contributed by atoms with Crippen molar-refractivity contribution in [3.8, 4) is 11.1 Å². The lowest BCUT2D eigenvalue weighted by molar-refractivity contribution is -0.149. The van der Waals surface area contributed by atoms with E-state index in [-0.39, 0.29) is 24.0 Å². The van der Waals surface area contributed by atoms with Gasteiger partial charge in [0.25, 0.3) is 5.56 Å². The highest BCUT2D eigenvalue weighted by Crippen LogP contribution is 2.35. The Hall–Kier alpha value is -2.54. The lowest BCUT2D eigenvalue weighted by Gasteiger charge is -2.12. The molecule has 7 heteroatoms. The minimum absolute atomic E-state index is 0.0388. The zero-order chi connectivity index (χ0) is 19.0. The molecular formula is C20H19FN2O3S. The zero-order valence-corrected chi connectivity index (χ0v) is 15.7. The summed E-state index contributed by atoms with van der Waals surface area (Å²) in [5.41, 5.74) is 1.21. The van der Waals surface area contributed by atoms with Gasteiger partial charge in [-0.25, -0.2) is 9.37 Å². The lowest BCUT2D eigenvalue weighted by Crippen LogP contribution is -2.27. The number of thiophene rings is 1. The van der Waals surface area contributed by atoms with Crippen LogP contribution >= 0.6 is 11.3 Å². The number of fused-ring (bicyclic) bond motifs is 1. The van der Waals surface area contributed by atoms with E-state index < -0.39 is 5.97 Å². The van der Waals surface area contributed by atoms with Crippen LogP contribution in [0.5, 0.6) is 0 Å². The number of esters is 1. The van der Waals surface area contributed by atoms with Crippen LogP contribution in [0.1, 0.15) is 30.6 Å². The Bertz CT molecular complexity index is 1050. The molecule has 0 amide bonds. The highest BCUT2D eigenvalue weighted by atomic mass is 32.1. The van der Waals surface area contributed by atoms with Crippen molar-refractivity contribution in [3.05, 3.63) is 51.6 Å². The van der Waals surface area contributed by atoms with Crippen LogP contribution in [0.15, 0.2) is 35.4 Å². The number of benzene rings is 1. The van der Waals surface area contributed by atoms with Gasteiger partial charge in [-0.2, -0.15) is 0 Å². The van der Waals surface area contributed by atoms with Crippen LogP contribution < -0.4 is 5.56 Å². The summed E-state index contributed by atoms with van der Waals surface area (Å²) in [6, 6.07) is 6.03. The number of rotatable bonds is 4. The molecule has 0 unspecified atom stereocenters. The van der Waals surface area contributed by atoms with Crippen molar-refractivity contribution in [2.24, 2.45) is 0 Å². The van der Waals surface area contributed by atoms with Crippen molar-refractivity contribution in [1.29, 1.82) is 0 Å². The molecule has 4 rings (SSSR count). The third-order valence-corrected chi connectivity index (χ3v) is 5.90. The molecule has 1 fully saturated rings. The number of aromatic nitrogens is 2. The quantitative estimate of drug-likeness (QED) is 0.635. The number of carbonyl (C=O) groups is 1. The molecule has 1 aromatic carbocycles. The predicted octanol–water partition coefficient (Wildman–Crippen LogP) is 4.06. The van der Waals surface area contributed by atoms with Crippen molar-refractivity contribution in [3.63, 3.8) is 0 Å². The summed E-state index contributed by atoms with van der Waals surface area (Å²) in [4.78, 5) is 31.1. The molecular weight excluding hydrogens is 367 g/mol. The fourth-order valence-corrected chi connectivity index (χ4v) is 4.59. The molecule has 0 radical (unpaired) electrons. The van der Waals surface area contributed by atoms with E-state index in [0.29, 0.717) is 10.2 Å². The molecule has 0 aliphatic heterocycles. The van der Waals surface area contributed by atoms with Crippen molar-refractivity contribution < 1.29 is 13.9 Å². The molecule has 2 heterocycles. The Kier molecular flexibility index (Phi) is 4.78. The highest BCUT2D eigenvalue weighted by molar-refractivity contribution is 7.19. The molecule has 140 valence electrons. The number of halogens is 1. The molecule has 0 N–H and O–H groups in total. The first-order valence-corrected chi connectivity index (χ1v) is 9.78. The van der Waals surface area contributed by atoms with Gasteiger partial charge in [0, 0.05) is 10.4 Å². The first kappa shape index (κ1) is 17.9. The Balaban J connectivity index is 1.70. The van der Waals surface area contributed by atoms with E-state index in [1.54, 1.807) is 12.1 Å². The van der Waals surface area contributed by atoms with Gasteiger partial charge in [0.1, 0.15) is 23.3 Å². The van der Waals surface area contributed by atoms with Gasteiger partial charge in [-0.1, -0.05) is 12.1 Å². The van der Waals surface area contributed by atoms with Gasteiger partial charge < -0.3 is 4.74 Å². The molecule has 3 aromatic rings. The van der Waals surface area contributed by atoms with Gasteiger partial charge in [-0.15, -0.1) is 11.3 Å². The van der Waals surface area contributed by atoms with E-state index in [1.807, 2.05) is 6.92 Å². The van der Waals surface area contributed by atoms with E-state index in [2.05, 4.69) is 4.98 Å². The zero-order valence-electron chi connectivity index (χ0n) is 14.9. The molecule has 1 saturated carbocycles. The Morgan fingerprint density at radius 1 is 1.30 bits per heavy atom. The number of aryl methyl sites for hydroxylation is 1. The van der Waals surface area contributed by atoms with Gasteiger partial charge in [0.05, 0.1) is 11.7 Å². The van der Waals surface area contributed by atoms with E-state index in [0.717, 1.165) is 41.7 Å². The Labute approximate surface area is 159 Å². The number of hydrogen-bond donors (Lipinski definition) is 0. The minimum atomic E-state index is -0.416. The van der Waals surface area contributed by atoms with Crippen molar-refractivity contribution in [2.45, 2.75) is 45.3 Å². The topological polar surface area (TPSA) is 61.2 Å². The second-order valence-electron chi connectivity index (χ2n) is 6.79.